The maximum absolute atomic E-state index is 12.9. The summed E-state index contributed by atoms with van der Waals surface area (Å²) < 4.78 is 27.2. The Kier molecular flexibility index (Phi) is 6.86. The van der Waals surface area contributed by atoms with Crippen molar-refractivity contribution in [3.8, 4) is 0 Å². The second-order valence-corrected chi connectivity index (χ2v) is 10.5. The summed E-state index contributed by atoms with van der Waals surface area (Å²) in [6.45, 7) is 5.95. The molecule has 11 heteroatoms. The highest BCUT2D eigenvalue weighted by Crippen LogP contribution is 2.28. The Labute approximate surface area is 179 Å². The van der Waals surface area contributed by atoms with E-state index in [0.29, 0.717) is 37.6 Å². The van der Waals surface area contributed by atoms with Gasteiger partial charge >= 0.3 is 0 Å². The molecule has 1 fully saturated rings. The van der Waals surface area contributed by atoms with Gasteiger partial charge in [-0.25, -0.2) is 8.42 Å². The number of aryl methyl sites for hydroxylation is 2. The number of carbonyl (C=O) groups excluding carboxylic acids is 1. The van der Waals surface area contributed by atoms with E-state index in [0.717, 1.165) is 9.75 Å². The summed E-state index contributed by atoms with van der Waals surface area (Å²) >= 11 is 1.47. The Morgan fingerprint density at radius 3 is 2.47 bits per heavy atom. The zero-order valence-corrected chi connectivity index (χ0v) is 18.5. The number of nitrogens with zero attached hydrogens (tertiary/aromatic N) is 3. The van der Waals surface area contributed by atoms with Gasteiger partial charge in [0.1, 0.15) is 5.69 Å². The van der Waals surface area contributed by atoms with Crippen molar-refractivity contribution in [2.75, 3.05) is 38.0 Å². The Balaban J connectivity index is 1.51. The molecule has 3 rings (SSSR count). The molecule has 1 aromatic carbocycles. The molecule has 0 saturated carbocycles. The van der Waals surface area contributed by atoms with Gasteiger partial charge in [0.15, 0.2) is 0 Å². The van der Waals surface area contributed by atoms with Gasteiger partial charge in [0.2, 0.25) is 15.9 Å². The minimum Gasteiger partial charge on any atom is -0.320 e. The minimum absolute atomic E-state index is 0.149. The lowest BCUT2D eigenvalue weighted by atomic mass is 10.2. The van der Waals surface area contributed by atoms with E-state index in [1.54, 1.807) is 18.2 Å². The number of carbonyl (C=O) groups is 1. The summed E-state index contributed by atoms with van der Waals surface area (Å²) in [7, 11) is -3.51. The van der Waals surface area contributed by atoms with E-state index in [9.17, 15) is 23.3 Å². The number of benzene rings is 1. The van der Waals surface area contributed by atoms with Crippen molar-refractivity contribution in [1.29, 1.82) is 0 Å². The first-order chi connectivity index (χ1) is 14.2. The summed E-state index contributed by atoms with van der Waals surface area (Å²) in [6.07, 6.45) is 0.168. The molecule has 0 aliphatic carbocycles. The van der Waals surface area contributed by atoms with Crippen LogP contribution in [0.25, 0.3) is 0 Å². The number of sulfonamides is 1. The Morgan fingerprint density at radius 1 is 1.20 bits per heavy atom. The zero-order valence-electron chi connectivity index (χ0n) is 16.8. The molecular formula is C19H24N4O5S2. The van der Waals surface area contributed by atoms with Crippen molar-refractivity contribution in [1.82, 2.24) is 9.21 Å². The van der Waals surface area contributed by atoms with Crippen molar-refractivity contribution in [3.63, 3.8) is 0 Å². The monoisotopic (exact) mass is 452 g/mol. The van der Waals surface area contributed by atoms with Crippen LogP contribution < -0.4 is 5.32 Å². The van der Waals surface area contributed by atoms with Gasteiger partial charge in [-0.3, -0.25) is 14.9 Å². The fraction of sp³-hybridized carbons (Fsp3) is 0.421. The predicted molar refractivity (Wildman–Crippen MR) is 115 cm³/mol. The highest BCUT2D eigenvalue weighted by Gasteiger charge is 2.30. The number of rotatable bonds is 7. The number of piperazine rings is 1. The molecule has 1 amide bonds. The molecule has 2 heterocycles. The normalized spacial score (nSPS) is 15.8. The van der Waals surface area contributed by atoms with Crippen molar-refractivity contribution < 1.29 is 18.1 Å². The number of hydrogen-bond acceptors (Lipinski definition) is 7. The van der Waals surface area contributed by atoms with Crippen molar-refractivity contribution in [3.05, 3.63) is 50.2 Å². The minimum atomic E-state index is -3.51. The molecular weight excluding hydrogens is 428 g/mol. The Hall–Kier alpha value is -2.34. The number of nitrogens with one attached hydrogen (secondary N) is 1. The molecule has 2 aromatic rings. The van der Waals surface area contributed by atoms with Crippen LogP contribution in [0, 0.1) is 24.0 Å². The summed E-state index contributed by atoms with van der Waals surface area (Å²) in [5, 5.41) is 13.6. The lowest BCUT2D eigenvalue weighted by molar-refractivity contribution is -0.383. The van der Waals surface area contributed by atoms with Crippen LogP contribution in [0.15, 0.2) is 35.2 Å². The SMILES string of the molecule is Cc1cc(S(=O)(=O)N2CCN(CCC(=O)Nc3ccccc3[N+](=O)[O-])CC2)c(C)s1. The molecule has 0 radical (unpaired) electrons. The highest BCUT2D eigenvalue weighted by molar-refractivity contribution is 7.89. The van der Waals surface area contributed by atoms with Gasteiger partial charge in [0.05, 0.1) is 9.82 Å². The van der Waals surface area contributed by atoms with Gasteiger partial charge in [-0.05, 0) is 26.0 Å². The Bertz CT molecular complexity index is 1040. The fourth-order valence-electron chi connectivity index (χ4n) is 3.41. The first-order valence-electron chi connectivity index (χ1n) is 9.51. The number of para-hydroxylation sites is 2. The molecule has 0 atom stereocenters. The number of anilines is 1. The fourth-order valence-corrected chi connectivity index (χ4v) is 6.35. The van der Waals surface area contributed by atoms with E-state index in [2.05, 4.69) is 5.32 Å². The van der Waals surface area contributed by atoms with Crippen molar-refractivity contribution >= 4 is 38.6 Å². The first kappa shape index (κ1) is 22.3. The Morgan fingerprint density at radius 2 is 1.87 bits per heavy atom. The first-order valence-corrected chi connectivity index (χ1v) is 11.8. The van der Waals surface area contributed by atoms with Crippen LogP contribution in [0.5, 0.6) is 0 Å². The van der Waals surface area contributed by atoms with Gasteiger partial charge in [-0.2, -0.15) is 4.31 Å². The van der Waals surface area contributed by atoms with Crippen LogP contribution in [0.3, 0.4) is 0 Å². The number of hydrogen-bond donors (Lipinski definition) is 1. The molecule has 9 nitrogen and oxygen atoms in total. The van der Waals surface area contributed by atoms with Crippen LogP contribution in [-0.4, -0.2) is 61.2 Å². The second kappa shape index (κ2) is 9.21. The molecule has 1 aliphatic heterocycles. The molecule has 0 bridgehead atoms. The maximum Gasteiger partial charge on any atom is 0.292 e. The molecule has 0 spiro atoms. The van der Waals surface area contributed by atoms with Crippen LogP contribution in [0.4, 0.5) is 11.4 Å². The standard InChI is InChI=1S/C19H24N4O5S2/c1-14-13-18(15(2)29-14)30(27,28)22-11-9-21(10-12-22)8-7-19(24)20-16-5-3-4-6-17(16)23(25)26/h3-6,13H,7-12H2,1-2H3,(H,20,24). The third-order valence-electron chi connectivity index (χ3n) is 4.97. The zero-order chi connectivity index (χ0) is 21.9. The lowest BCUT2D eigenvalue weighted by Crippen LogP contribution is -2.49. The average molecular weight is 453 g/mol. The highest BCUT2D eigenvalue weighted by atomic mass is 32.2. The van der Waals surface area contributed by atoms with Gasteiger partial charge in [-0.1, -0.05) is 12.1 Å². The smallest absolute Gasteiger partial charge is 0.292 e. The average Bonchev–Trinajstić information content (AvgIpc) is 3.06. The quantitative estimate of drug-likeness (QED) is 0.510. The molecule has 0 unspecified atom stereocenters. The number of nitro groups is 1. The van der Waals surface area contributed by atoms with Crippen molar-refractivity contribution in [2.45, 2.75) is 25.2 Å². The summed E-state index contributed by atoms with van der Waals surface area (Å²) in [5.41, 5.74) is 0.0217. The topological polar surface area (TPSA) is 113 Å². The third-order valence-corrected chi connectivity index (χ3v) is 8.09. The summed E-state index contributed by atoms with van der Waals surface area (Å²) in [5.74, 6) is -0.316. The molecule has 1 saturated heterocycles. The summed E-state index contributed by atoms with van der Waals surface area (Å²) in [6, 6.07) is 7.72. The van der Waals surface area contributed by atoms with Gasteiger partial charge < -0.3 is 10.2 Å². The largest absolute Gasteiger partial charge is 0.320 e. The molecule has 1 N–H and O–H groups in total. The summed E-state index contributed by atoms with van der Waals surface area (Å²) in [4.78, 5) is 26.9. The van der Waals surface area contributed by atoms with E-state index >= 15 is 0 Å². The maximum atomic E-state index is 12.9. The molecule has 162 valence electrons. The van der Waals surface area contributed by atoms with Gasteiger partial charge in [0.25, 0.3) is 5.69 Å². The van der Waals surface area contributed by atoms with Crippen LogP contribution in [-0.2, 0) is 14.8 Å². The second-order valence-electron chi connectivity index (χ2n) is 7.10. The predicted octanol–water partition coefficient (Wildman–Crippen LogP) is 2.61. The lowest BCUT2D eigenvalue weighted by Gasteiger charge is -2.33. The van der Waals surface area contributed by atoms with E-state index in [-0.39, 0.29) is 23.7 Å². The van der Waals surface area contributed by atoms with E-state index in [4.69, 9.17) is 0 Å². The van der Waals surface area contributed by atoms with Crippen LogP contribution in [0.2, 0.25) is 0 Å². The van der Waals surface area contributed by atoms with Crippen LogP contribution >= 0.6 is 11.3 Å². The van der Waals surface area contributed by atoms with E-state index in [1.165, 1.54) is 27.8 Å². The number of thiophene rings is 1. The molecule has 1 aromatic heterocycles. The molecule has 30 heavy (non-hydrogen) atoms. The van der Waals surface area contributed by atoms with Gasteiger partial charge in [-0.15, -0.1) is 11.3 Å². The van der Waals surface area contributed by atoms with E-state index in [1.807, 2.05) is 18.7 Å². The van der Waals surface area contributed by atoms with Gasteiger partial charge in [0, 0.05) is 55.0 Å². The van der Waals surface area contributed by atoms with E-state index < -0.39 is 14.9 Å². The number of amides is 1. The third kappa shape index (κ3) is 5.04. The van der Waals surface area contributed by atoms with Crippen molar-refractivity contribution in [2.24, 2.45) is 0 Å². The van der Waals surface area contributed by atoms with Crippen LogP contribution in [0.1, 0.15) is 16.2 Å². The molecule has 1 aliphatic rings. The number of nitro benzene ring substituents is 1.